The summed E-state index contributed by atoms with van der Waals surface area (Å²) in [6.07, 6.45) is 0. The van der Waals surface area contributed by atoms with E-state index in [-0.39, 0.29) is 0 Å². The van der Waals surface area contributed by atoms with Crippen LogP contribution in [0.2, 0.25) is 0 Å². The van der Waals surface area contributed by atoms with Gasteiger partial charge in [-0.25, -0.2) is 4.79 Å². The second kappa shape index (κ2) is 5.46. The normalized spacial score (nSPS) is 11.4. The first-order chi connectivity index (χ1) is 8.01. The lowest BCUT2D eigenvalue weighted by molar-refractivity contribution is -0.117. The highest BCUT2D eigenvalue weighted by molar-refractivity contribution is 7.12. The van der Waals surface area contributed by atoms with Crippen LogP contribution in [-0.2, 0) is 9.53 Å². The van der Waals surface area contributed by atoms with Crippen molar-refractivity contribution in [3.63, 3.8) is 0 Å². The summed E-state index contributed by atoms with van der Waals surface area (Å²) in [5.74, 6) is -1.69. The SMILES string of the molecule is COC(=O)c1scc(C)c1NC(=O)C(C)C#N. The Morgan fingerprint density at radius 1 is 1.59 bits per heavy atom. The molecule has 0 radical (unpaired) electrons. The predicted octanol–water partition coefficient (Wildman–Crippen LogP) is 1.94. The van der Waals surface area contributed by atoms with Crippen LogP contribution in [0.25, 0.3) is 0 Å². The van der Waals surface area contributed by atoms with E-state index in [1.165, 1.54) is 25.4 Å². The first-order valence-corrected chi connectivity index (χ1v) is 5.76. The van der Waals surface area contributed by atoms with Gasteiger partial charge in [0.05, 0.1) is 18.9 Å². The average Bonchev–Trinajstić information content (AvgIpc) is 2.69. The number of rotatable bonds is 3. The first-order valence-electron chi connectivity index (χ1n) is 4.88. The number of hydrogen-bond acceptors (Lipinski definition) is 5. The van der Waals surface area contributed by atoms with Crippen LogP contribution < -0.4 is 5.32 Å². The molecule has 0 saturated carbocycles. The number of hydrogen-bond donors (Lipinski definition) is 1. The van der Waals surface area contributed by atoms with E-state index in [0.717, 1.165) is 5.56 Å². The van der Waals surface area contributed by atoms with E-state index in [2.05, 4.69) is 10.1 Å². The van der Waals surface area contributed by atoms with E-state index in [0.29, 0.717) is 10.6 Å². The third kappa shape index (κ3) is 2.82. The average molecular weight is 252 g/mol. The summed E-state index contributed by atoms with van der Waals surface area (Å²) in [7, 11) is 1.28. The molecule has 0 aliphatic heterocycles. The number of anilines is 1. The van der Waals surface area contributed by atoms with Gasteiger partial charge in [-0.2, -0.15) is 5.26 Å². The highest BCUT2D eigenvalue weighted by Gasteiger charge is 2.20. The van der Waals surface area contributed by atoms with Gasteiger partial charge in [0, 0.05) is 0 Å². The van der Waals surface area contributed by atoms with Gasteiger partial charge in [0.25, 0.3) is 0 Å². The molecule has 0 spiro atoms. The van der Waals surface area contributed by atoms with Crippen molar-refractivity contribution in [1.82, 2.24) is 0 Å². The van der Waals surface area contributed by atoms with Crippen molar-refractivity contribution in [2.45, 2.75) is 13.8 Å². The Morgan fingerprint density at radius 3 is 2.76 bits per heavy atom. The molecule has 0 saturated heterocycles. The quantitative estimate of drug-likeness (QED) is 0.834. The molecule has 1 aromatic rings. The summed E-state index contributed by atoms with van der Waals surface area (Å²) in [4.78, 5) is 23.4. The van der Waals surface area contributed by atoms with Gasteiger partial charge in [0.15, 0.2) is 0 Å². The van der Waals surface area contributed by atoms with Gasteiger partial charge in [0.1, 0.15) is 10.8 Å². The van der Waals surface area contributed by atoms with Crippen molar-refractivity contribution < 1.29 is 14.3 Å². The summed E-state index contributed by atoms with van der Waals surface area (Å²) in [5, 5.41) is 12.9. The molecular weight excluding hydrogens is 240 g/mol. The number of nitrogens with one attached hydrogen (secondary N) is 1. The molecule has 0 bridgehead atoms. The molecule has 1 heterocycles. The van der Waals surface area contributed by atoms with Crippen LogP contribution in [0, 0.1) is 24.2 Å². The van der Waals surface area contributed by atoms with Gasteiger partial charge in [-0.05, 0) is 24.8 Å². The van der Waals surface area contributed by atoms with Gasteiger partial charge in [-0.1, -0.05) is 0 Å². The van der Waals surface area contributed by atoms with Crippen molar-refractivity contribution >= 4 is 28.9 Å². The van der Waals surface area contributed by atoms with Crippen LogP contribution in [0.4, 0.5) is 5.69 Å². The molecule has 0 aromatic carbocycles. The molecule has 1 N–H and O–H groups in total. The maximum atomic E-state index is 11.6. The molecule has 1 amide bonds. The lowest BCUT2D eigenvalue weighted by atomic mass is 10.2. The van der Waals surface area contributed by atoms with Gasteiger partial charge >= 0.3 is 5.97 Å². The van der Waals surface area contributed by atoms with Crippen molar-refractivity contribution in [3.8, 4) is 6.07 Å². The van der Waals surface area contributed by atoms with Crippen molar-refractivity contribution in [2.75, 3.05) is 12.4 Å². The highest BCUT2D eigenvalue weighted by atomic mass is 32.1. The molecule has 6 heteroatoms. The van der Waals surface area contributed by atoms with E-state index >= 15 is 0 Å². The molecular formula is C11H12N2O3S. The molecule has 1 atom stereocenters. The second-order valence-electron chi connectivity index (χ2n) is 3.45. The largest absolute Gasteiger partial charge is 0.465 e. The number of carbonyl (C=O) groups is 2. The minimum absolute atomic E-state index is 0.337. The van der Waals surface area contributed by atoms with Crippen LogP contribution in [0.3, 0.4) is 0 Å². The Balaban J connectivity index is 2.99. The predicted molar refractivity (Wildman–Crippen MR) is 63.8 cm³/mol. The van der Waals surface area contributed by atoms with Gasteiger partial charge in [-0.15, -0.1) is 11.3 Å². The summed E-state index contributed by atoms with van der Waals surface area (Å²) >= 11 is 1.20. The fourth-order valence-corrected chi connectivity index (χ4v) is 2.05. The number of nitrogens with zero attached hydrogens (tertiary/aromatic N) is 1. The van der Waals surface area contributed by atoms with Gasteiger partial charge in [0.2, 0.25) is 5.91 Å². The third-order valence-electron chi connectivity index (χ3n) is 2.18. The third-order valence-corrected chi connectivity index (χ3v) is 3.26. The number of carbonyl (C=O) groups excluding carboxylic acids is 2. The molecule has 0 fully saturated rings. The van der Waals surface area contributed by atoms with Crippen molar-refractivity contribution in [2.24, 2.45) is 5.92 Å². The van der Waals surface area contributed by atoms with Crippen LogP contribution in [0.5, 0.6) is 0 Å². The Morgan fingerprint density at radius 2 is 2.24 bits per heavy atom. The summed E-state index contributed by atoms with van der Waals surface area (Å²) in [6, 6.07) is 1.83. The molecule has 90 valence electrons. The van der Waals surface area contributed by atoms with E-state index in [9.17, 15) is 9.59 Å². The molecule has 0 aliphatic carbocycles. The van der Waals surface area contributed by atoms with Crippen molar-refractivity contribution in [1.29, 1.82) is 5.26 Å². The summed E-state index contributed by atoms with van der Waals surface area (Å²) in [5.41, 5.74) is 1.20. The summed E-state index contributed by atoms with van der Waals surface area (Å²) < 4.78 is 4.61. The molecule has 1 aromatic heterocycles. The lowest BCUT2D eigenvalue weighted by Crippen LogP contribution is -2.20. The Labute approximate surface area is 103 Å². The molecule has 1 unspecified atom stereocenters. The number of thiophene rings is 1. The van der Waals surface area contributed by atoms with E-state index in [1.54, 1.807) is 12.3 Å². The number of methoxy groups -OCH3 is 1. The topological polar surface area (TPSA) is 79.2 Å². The maximum Gasteiger partial charge on any atom is 0.350 e. The van der Waals surface area contributed by atoms with Gasteiger partial charge in [-0.3, -0.25) is 4.79 Å². The van der Waals surface area contributed by atoms with Crippen LogP contribution in [-0.4, -0.2) is 19.0 Å². The maximum absolute atomic E-state index is 11.6. The molecule has 0 aliphatic rings. The standard InChI is InChI=1S/C11H12N2O3S/c1-6(4-12)10(14)13-8-7(2)5-17-9(8)11(15)16-3/h5-6H,1-3H3,(H,13,14). The van der Waals surface area contributed by atoms with Crippen LogP contribution in [0.15, 0.2) is 5.38 Å². The lowest BCUT2D eigenvalue weighted by Gasteiger charge is -2.07. The van der Waals surface area contributed by atoms with Crippen LogP contribution in [0.1, 0.15) is 22.2 Å². The summed E-state index contributed by atoms with van der Waals surface area (Å²) in [6.45, 7) is 3.27. The zero-order valence-corrected chi connectivity index (χ0v) is 10.6. The highest BCUT2D eigenvalue weighted by Crippen LogP contribution is 2.28. The van der Waals surface area contributed by atoms with Crippen molar-refractivity contribution in [3.05, 3.63) is 15.8 Å². The van der Waals surface area contributed by atoms with E-state index in [1.807, 2.05) is 6.07 Å². The molecule has 5 nitrogen and oxygen atoms in total. The number of nitriles is 1. The Bertz CT molecular complexity index is 487. The fraction of sp³-hybridized carbons (Fsp3) is 0.364. The number of amides is 1. The smallest absolute Gasteiger partial charge is 0.350 e. The van der Waals surface area contributed by atoms with E-state index < -0.39 is 17.8 Å². The van der Waals surface area contributed by atoms with Gasteiger partial charge < -0.3 is 10.1 Å². The number of esters is 1. The minimum atomic E-state index is -0.764. The second-order valence-corrected chi connectivity index (χ2v) is 4.33. The Hall–Kier alpha value is -1.87. The molecule has 17 heavy (non-hydrogen) atoms. The van der Waals surface area contributed by atoms with E-state index in [4.69, 9.17) is 5.26 Å². The van der Waals surface area contributed by atoms with Crippen LogP contribution >= 0.6 is 11.3 Å². The fourth-order valence-electron chi connectivity index (χ4n) is 1.13. The zero-order valence-electron chi connectivity index (χ0n) is 9.73. The first kappa shape index (κ1) is 13.2. The minimum Gasteiger partial charge on any atom is -0.465 e. The zero-order chi connectivity index (χ0) is 13.0. The molecule has 1 rings (SSSR count). The Kier molecular flexibility index (Phi) is 4.24. The number of aryl methyl sites for hydroxylation is 1. The monoisotopic (exact) mass is 252 g/mol. The number of ether oxygens (including phenoxy) is 1.